The molecule has 0 aromatic heterocycles. The molecule has 0 unspecified atom stereocenters. The fourth-order valence-electron chi connectivity index (χ4n) is 4.03. The number of hydrogen-bond acceptors (Lipinski definition) is 5. The van der Waals surface area contributed by atoms with Crippen molar-refractivity contribution in [1.29, 1.82) is 0 Å². The highest BCUT2D eigenvalue weighted by Crippen LogP contribution is 2.33. The second-order valence-electron chi connectivity index (χ2n) is 8.63. The van der Waals surface area contributed by atoms with E-state index in [1.165, 1.54) is 31.2 Å². The van der Waals surface area contributed by atoms with Crippen LogP contribution in [0.25, 0.3) is 0 Å². The van der Waals surface area contributed by atoms with Crippen molar-refractivity contribution in [3.05, 3.63) is 92.9 Å². The number of carbonyl (C=O) groups excluding carboxylic acids is 2. The van der Waals surface area contributed by atoms with Gasteiger partial charge in [0, 0.05) is 40.6 Å². The molecule has 3 rings (SSSR count). The molecule has 39 heavy (non-hydrogen) atoms. The number of anilines is 1. The molecule has 0 saturated heterocycles. The third kappa shape index (κ3) is 7.79. The molecule has 3 aromatic carbocycles. The summed E-state index contributed by atoms with van der Waals surface area (Å²) in [7, 11) is -1.16. The van der Waals surface area contributed by atoms with E-state index < -0.39 is 34.4 Å². The van der Waals surface area contributed by atoms with Crippen LogP contribution >= 0.6 is 34.8 Å². The molecule has 0 bridgehead atoms. The number of nitrogens with one attached hydrogen (secondary N) is 1. The van der Waals surface area contributed by atoms with Crippen molar-refractivity contribution in [1.82, 2.24) is 10.2 Å². The van der Waals surface area contributed by atoms with Gasteiger partial charge < -0.3 is 15.0 Å². The standard InChI is InChI=1S/C27H28Cl3N3O5S/c1-31-27(35)24(14-18-8-5-4-6-9-18)32(16-20-21(29)10-7-11-22(20)30)26(34)17-33(39(3,36)37)23-15-19(28)12-13-25(23)38-2/h4-13,15,24H,14,16-17H2,1-3H3,(H,31,35)/t24-/m0/s1. The quantitative estimate of drug-likeness (QED) is 0.335. The summed E-state index contributed by atoms with van der Waals surface area (Å²) >= 11 is 19.0. The maximum absolute atomic E-state index is 14.0. The third-order valence-corrected chi connectivity index (χ3v) is 8.07. The van der Waals surface area contributed by atoms with Crippen molar-refractivity contribution < 1.29 is 22.7 Å². The molecule has 1 N–H and O–H groups in total. The number of hydrogen-bond donors (Lipinski definition) is 1. The first-order valence-corrected chi connectivity index (χ1v) is 14.7. The van der Waals surface area contributed by atoms with Crippen LogP contribution in [-0.4, -0.2) is 58.1 Å². The number of ether oxygens (including phenoxy) is 1. The van der Waals surface area contributed by atoms with Gasteiger partial charge in [0.1, 0.15) is 18.3 Å². The maximum Gasteiger partial charge on any atom is 0.244 e. The van der Waals surface area contributed by atoms with Crippen LogP contribution in [0.4, 0.5) is 5.69 Å². The molecule has 1 atom stereocenters. The predicted molar refractivity (Wildman–Crippen MR) is 155 cm³/mol. The molecule has 0 fully saturated rings. The average molecular weight is 613 g/mol. The van der Waals surface area contributed by atoms with E-state index in [0.717, 1.165) is 16.1 Å². The van der Waals surface area contributed by atoms with Crippen LogP contribution in [0.2, 0.25) is 15.1 Å². The Hall–Kier alpha value is -2.98. The zero-order chi connectivity index (χ0) is 28.7. The molecule has 0 aliphatic rings. The van der Waals surface area contributed by atoms with Crippen LogP contribution in [0.5, 0.6) is 5.75 Å². The van der Waals surface area contributed by atoms with Gasteiger partial charge >= 0.3 is 0 Å². The highest BCUT2D eigenvalue weighted by atomic mass is 35.5. The van der Waals surface area contributed by atoms with Crippen LogP contribution in [0.15, 0.2) is 66.7 Å². The minimum absolute atomic E-state index is 0.0797. The van der Waals surface area contributed by atoms with Crippen molar-refractivity contribution in [2.24, 2.45) is 0 Å². The van der Waals surface area contributed by atoms with Crippen LogP contribution in [-0.2, 0) is 32.6 Å². The summed E-state index contributed by atoms with van der Waals surface area (Å²) in [5.41, 5.74) is 1.30. The summed E-state index contributed by atoms with van der Waals surface area (Å²) in [4.78, 5) is 28.5. The topological polar surface area (TPSA) is 96.0 Å². The Balaban J connectivity index is 2.12. The van der Waals surface area contributed by atoms with Gasteiger partial charge in [-0.3, -0.25) is 13.9 Å². The summed E-state index contributed by atoms with van der Waals surface area (Å²) < 4.78 is 32.1. The second kappa shape index (κ2) is 13.4. The van der Waals surface area contributed by atoms with E-state index in [-0.39, 0.29) is 29.4 Å². The van der Waals surface area contributed by atoms with Gasteiger partial charge in [-0.25, -0.2) is 8.42 Å². The number of halogens is 3. The van der Waals surface area contributed by atoms with Crippen LogP contribution in [0.1, 0.15) is 11.1 Å². The molecule has 208 valence electrons. The number of methoxy groups -OCH3 is 1. The first-order valence-electron chi connectivity index (χ1n) is 11.7. The molecule has 0 radical (unpaired) electrons. The first kappa shape index (κ1) is 30.6. The summed E-state index contributed by atoms with van der Waals surface area (Å²) in [6, 6.07) is 17.5. The molecule has 8 nitrogen and oxygen atoms in total. The van der Waals surface area contributed by atoms with Crippen molar-refractivity contribution in [3.63, 3.8) is 0 Å². The van der Waals surface area contributed by atoms with E-state index in [0.29, 0.717) is 15.6 Å². The zero-order valence-electron chi connectivity index (χ0n) is 21.5. The molecule has 2 amide bonds. The summed E-state index contributed by atoms with van der Waals surface area (Å²) in [5, 5.41) is 3.45. The van der Waals surface area contributed by atoms with Gasteiger partial charge in [0.15, 0.2) is 0 Å². The molecule has 12 heteroatoms. The highest BCUT2D eigenvalue weighted by molar-refractivity contribution is 7.92. The predicted octanol–water partition coefficient (Wildman–Crippen LogP) is 4.81. The van der Waals surface area contributed by atoms with Gasteiger partial charge in [-0.15, -0.1) is 0 Å². The van der Waals surface area contributed by atoms with Gasteiger partial charge in [-0.2, -0.15) is 0 Å². The first-order chi connectivity index (χ1) is 18.5. The van der Waals surface area contributed by atoms with E-state index in [9.17, 15) is 18.0 Å². The van der Waals surface area contributed by atoms with Crippen molar-refractivity contribution in [2.45, 2.75) is 19.0 Å². The molecule has 3 aromatic rings. The molecule has 0 aliphatic carbocycles. The van der Waals surface area contributed by atoms with Crippen LogP contribution in [0, 0.1) is 0 Å². The van der Waals surface area contributed by atoms with Crippen LogP contribution in [0.3, 0.4) is 0 Å². The monoisotopic (exact) mass is 611 g/mol. The second-order valence-corrected chi connectivity index (χ2v) is 11.8. The third-order valence-electron chi connectivity index (χ3n) is 6.00. The van der Waals surface area contributed by atoms with Gasteiger partial charge in [-0.05, 0) is 35.9 Å². The van der Waals surface area contributed by atoms with Crippen molar-refractivity contribution >= 4 is 62.3 Å². The molecular formula is C27H28Cl3N3O5S. The lowest BCUT2D eigenvalue weighted by Crippen LogP contribution is -2.53. The molecule has 0 saturated carbocycles. The zero-order valence-corrected chi connectivity index (χ0v) is 24.6. The normalized spacial score (nSPS) is 11.9. The lowest BCUT2D eigenvalue weighted by molar-refractivity contribution is -0.139. The number of rotatable bonds is 11. The van der Waals surface area contributed by atoms with E-state index >= 15 is 0 Å². The summed E-state index contributed by atoms with van der Waals surface area (Å²) in [6.45, 7) is -0.785. The van der Waals surface area contributed by atoms with Gasteiger partial charge in [0.25, 0.3) is 0 Å². The van der Waals surface area contributed by atoms with Gasteiger partial charge in [0.2, 0.25) is 21.8 Å². The Kier molecular flexibility index (Phi) is 10.5. The van der Waals surface area contributed by atoms with Crippen molar-refractivity contribution in [3.8, 4) is 5.75 Å². The van der Waals surface area contributed by atoms with E-state index in [1.807, 2.05) is 30.3 Å². The molecular weight excluding hydrogens is 585 g/mol. The summed E-state index contributed by atoms with van der Waals surface area (Å²) in [5.74, 6) is -0.907. The van der Waals surface area contributed by atoms with Gasteiger partial charge in [-0.1, -0.05) is 71.2 Å². The average Bonchev–Trinajstić information content (AvgIpc) is 2.90. The Morgan fingerprint density at radius 3 is 2.18 bits per heavy atom. The van der Waals surface area contributed by atoms with Gasteiger partial charge in [0.05, 0.1) is 19.1 Å². The number of amides is 2. The minimum Gasteiger partial charge on any atom is -0.495 e. The molecule has 0 heterocycles. The lowest BCUT2D eigenvalue weighted by Gasteiger charge is -2.33. The molecule has 0 spiro atoms. The van der Waals surface area contributed by atoms with Crippen molar-refractivity contribution in [2.75, 3.05) is 31.3 Å². The fraction of sp³-hybridized carbons (Fsp3) is 0.259. The molecule has 0 aliphatic heterocycles. The minimum atomic E-state index is -4.00. The van der Waals surface area contributed by atoms with E-state index in [4.69, 9.17) is 39.5 Å². The Morgan fingerprint density at radius 2 is 1.62 bits per heavy atom. The Labute approximate surface area is 243 Å². The number of sulfonamides is 1. The lowest BCUT2D eigenvalue weighted by atomic mass is 10.0. The number of carbonyl (C=O) groups is 2. The number of nitrogens with zero attached hydrogens (tertiary/aromatic N) is 2. The van der Waals surface area contributed by atoms with Crippen LogP contribution < -0.4 is 14.4 Å². The Morgan fingerprint density at radius 1 is 0.974 bits per heavy atom. The number of benzene rings is 3. The highest BCUT2D eigenvalue weighted by Gasteiger charge is 2.34. The largest absolute Gasteiger partial charge is 0.495 e. The van der Waals surface area contributed by atoms with E-state index in [2.05, 4.69) is 5.32 Å². The maximum atomic E-state index is 14.0. The smallest absolute Gasteiger partial charge is 0.244 e. The van der Waals surface area contributed by atoms with E-state index in [1.54, 1.807) is 24.3 Å². The number of likely N-dealkylation sites (N-methyl/N-ethyl adjacent to an activating group) is 1. The SMILES string of the molecule is CNC(=O)[C@H](Cc1ccccc1)N(Cc1c(Cl)cccc1Cl)C(=O)CN(c1cc(Cl)ccc1OC)S(C)(=O)=O. The fourth-order valence-corrected chi connectivity index (χ4v) is 5.56. The Bertz CT molecular complexity index is 1420. The summed E-state index contributed by atoms with van der Waals surface area (Å²) in [6.07, 6.45) is 1.13.